The van der Waals surface area contributed by atoms with Gasteiger partial charge in [-0.1, -0.05) is 17.3 Å². The molecule has 0 saturated heterocycles. The van der Waals surface area contributed by atoms with E-state index in [0.717, 1.165) is 0 Å². The fourth-order valence-electron chi connectivity index (χ4n) is 1.51. The summed E-state index contributed by atoms with van der Waals surface area (Å²) in [5, 5.41) is 12.4. The van der Waals surface area contributed by atoms with Gasteiger partial charge in [-0.05, 0) is 12.1 Å². The van der Waals surface area contributed by atoms with Gasteiger partial charge >= 0.3 is 12.1 Å². The molecule has 2 aromatic rings. The van der Waals surface area contributed by atoms with Crippen molar-refractivity contribution in [3.8, 4) is 11.4 Å². The van der Waals surface area contributed by atoms with Gasteiger partial charge in [-0.15, -0.1) is 0 Å². The lowest BCUT2D eigenvalue weighted by molar-refractivity contribution is -0.134. The average molecular weight is 286 g/mol. The number of hydrogen-bond donors (Lipinski definition) is 1. The number of aryl methyl sites for hydroxylation is 1. The Kier molecular flexibility index (Phi) is 3.73. The van der Waals surface area contributed by atoms with Gasteiger partial charge in [-0.3, -0.25) is 0 Å². The van der Waals surface area contributed by atoms with E-state index in [9.17, 15) is 18.0 Å². The monoisotopic (exact) mass is 286 g/mol. The minimum Gasteiger partial charge on any atom is -0.478 e. The van der Waals surface area contributed by atoms with Crippen molar-refractivity contribution in [1.82, 2.24) is 10.1 Å². The first-order valence-electron chi connectivity index (χ1n) is 5.58. The summed E-state index contributed by atoms with van der Waals surface area (Å²) in [6.45, 7) is 0. The second-order valence-electron chi connectivity index (χ2n) is 4.01. The molecule has 0 aliphatic rings. The van der Waals surface area contributed by atoms with Crippen molar-refractivity contribution in [2.24, 2.45) is 0 Å². The normalized spacial score (nSPS) is 11.6. The number of aromatic nitrogens is 2. The highest BCUT2D eigenvalue weighted by atomic mass is 19.4. The number of aromatic carboxylic acids is 1. The molecule has 0 unspecified atom stereocenters. The predicted molar refractivity (Wildman–Crippen MR) is 61.1 cm³/mol. The Morgan fingerprint density at radius 3 is 2.75 bits per heavy atom. The Morgan fingerprint density at radius 2 is 2.10 bits per heavy atom. The van der Waals surface area contributed by atoms with Crippen molar-refractivity contribution < 1.29 is 27.6 Å². The summed E-state index contributed by atoms with van der Waals surface area (Å²) in [5.41, 5.74) is 0.399. The highest BCUT2D eigenvalue weighted by molar-refractivity contribution is 5.89. The zero-order valence-corrected chi connectivity index (χ0v) is 10.0. The van der Waals surface area contributed by atoms with E-state index in [1.807, 2.05) is 0 Å². The molecule has 0 aliphatic heterocycles. The molecular weight excluding hydrogens is 277 g/mol. The number of nitrogens with zero attached hydrogens (tertiary/aromatic N) is 2. The maximum absolute atomic E-state index is 12.1. The van der Waals surface area contributed by atoms with Crippen LogP contribution in [0, 0.1) is 0 Å². The standard InChI is InChI=1S/C12H9F3N2O3/c13-12(14,15)5-4-9-16-10(17-20-9)7-2-1-3-8(6-7)11(18)19/h1-3,6H,4-5H2,(H,18,19). The van der Waals surface area contributed by atoms with Gasteiger partial charge in [0.1, 0.15) is 0 Å². The SMILES string of the molecule is O=C(O)c1cccc(-c2noc(CCC(F)(F)F)n2)c1. The van der Waals surface area contributed by atoms with Crippen LogP contribution in [-0.2, 0) is 6.42 Å². The molecule has 106 valence electrons. The first-order chi connectivity index (χ1) is 9.35. The van der Waals surface area contributed by atoms with E-state index in [-0.39, 0.29) is 17.3 Å². The molecule has 2 rings (SSSR count). The third-order valence-electron chi connectivity index (χ3n) is 2.46. The summed E-state index contributed by atoms with van der Waals surface area (Å²) in [6, 6.07) is 5.74. The molecule has 1 N–H and O–H groups in total. The van der Waals surface area contributed by atoms with Crippen LogP contribution in [0.15, 0.2) is 28.8 Å². The quantitative estimate of drug-likeness (QED) is 0.935. The van der Waals surface area contributed by atoms with Crippen molar-refractivity contribution >= 4 is 5.97 Å². The van der Waals surface area contributed by atoms with Crippen LogP contribution in [0.5, 0.6) is 0 Å². The summed E-state index contributed by atoms with van der Waals surface area (Å²) in [4.78, 5) is 14.6. The van der Waals surface area contributed by atoms with Gasteiger partial charge in [0.2, 0.25) is 11.7 Å². The maximum Gasteiger partial charge on any atom is 0.389 e. The molecule has 0 aliphatic carbocycles. The van der Waals surface area contributed by atoms with Crippen LogP contribution in [0.3, 0.4) is 0 Å². The van der Waals surface area contributed by atoms with Crippen molar-refractivity contribution in [1.29, 1.82) is 0 Å². The highest BCUT2D eigenvalue weighted by Crippen LogP contribution is 2.23. The molecule has 0 spiro atoms. The zero-order valence-electron chi connectivity index (χ0n) is 10.0. The van der Waals surface area contributed by atoms with Gasteiger partial charge in [0.05, 0.1) is 12.0 Å². The summed E-state index contributed by atoms with van der Waals surface area (Å²) < 4.78 is 40.9. The van der Waals surface area contributed by atoms with E-state index in [1.165, 1.54) is 18.2 Å². The molecule has 0 radical (unpaired) electrons. The summed E-state index contributed by atoms with van der Waals surface area (Å²) in [7, 11) is 0. The zero-order chi connectivity index (χ0) is 14.8. The summed E-state index contributed by atoms with van der Waals surface area (Å²) in [5.74, 6) is -1.20. The number of carboxylic acid groups (broad SMARTS) is 1. The number of rotatable bonds is 4. The Hall–Kier alpha value is -2.38. The van der Waals surface area contributed by atoms with Crippen molar-refractivity contribution in [2.75, 3.05) is 0 Å². The summed E-state index contributed by atoms with van der Waals surface area (Å²) in [6.07, 6.45) is -5.75. The van der Waals surface area contributed by atoms with Crippen LogP contribution in [0.25, 0.3) is 11.4 Å². The third-order valence-corrected chi connectivity index (χ3v) is 2.46. The number of carbonyl (C=O) groups is 1. The second-order valence-corrected chi connectivity index (χ2v) is 4.01. The number of carboxylic acids is 1. The number of halogens is 3. The van der Waals surface area contributed by atoms with Gasteiger partial charge in [0.25, 0.3) is 0 Å². The van der Waals surface area contributed by atoms with Crippen molar-refractivity contribution in [2.45, 2.75) is 19.0 Å². The molecule has 20 heavy (non-hydrogen) atoms. The lowest BCUT2D eigenvalue weighted by Gasteiger charge is -2.01. The number of alkyl halides is 3. The Morgan fingerprint density at radius 1 is 1.35 bits per heavy atom. The van der Waals surface area contributed by atoms with E-state index in [1.54, 1.807) is 6.07 Å². The van der Waals surface area contributed by atoms with E-state index in [0.29, 0.717) is 5.56 Å². The predicted octanol–water partition coefficient (Wildman–Crippen LogP) is 2.93. The Balaban J connectivity index is 2.16. The fourth-order valence-corrected chi connectivity index (χ4v) is 1.51. The van der Waals surface area contributed by atoms with E-state index >= 15 is 0 Å². The van der Waals surface area contributed by atoms with Gasteiger partial charge in [0, 0.05) is 12.0 Å². The Bertz CT molecular complexity index is 622. The lowest BCUT2D eigenvalue weighted by Crippen LogP contribution is -2.08. The van der Waals surface area contributed by atoms with Gasteiger partial charge in [0.15, 0.2) is 0 Å². The van der Waals surface area contributed by atoms with Crippen molar-refractivity contribution in [3.63, 3.8) is 0 Å². The number of benzene rings is 1. The molecule has 5 nitrogen and oxygen atoms in total. The molecular formula is C12H9F3N2O3. The second kappa shape index (κ2) is 5.32. The van der Waals surface area contributed by atoms with Gasteiger partial charge in [-0.2, -0.15) is 18.2 Å². The summed E-state index contributed by atoms with van der Waals surface area (Å²) >= 11 is 0. The molecule has 0 atom stereocenters. The third kappa shape index (κ3) is 3.56. The minimum atomic E-state index is -4.29. The maximum atomic E-state index is 12.1. The molecule has 1 heterocycles. The van der Waals surface area contributed by atoms with Crippen LogP contribution < -0.4 is 0 Å². The van der Waals surface area contributed by atoms with E-state index < -0.39 is 25.0 Å². The van der Waals surface area contributed by atoms with Crippen LogP contribution in [0.4, 0.5) is 13.2 Å². The molecule has 1 aromatic heterocycles. The first-order valence-corrected chi connectivity index (χ1v) is 5.58. The minimum absolute atomic E-state index is 0.0316. The van der Waals surface area contributed by atoms with Crippen LogP contribution in [0.2, 0.25) is 0 Å². The largest absolute Gasteiger partial charge is 0.478 e. The molecule has 0 bridgehead atoms. The highest BCUT2D eigenvalue weighted by Gasteiger charge is 2.28. The van der Waals surface area contributed by atoms with Gasteiger partial charge < -0.3 is 9.63 Å². The molecule has 1 aromatic carbocycles. The molecule has 0 saturated carbocycles. The van der Waals surface area contributed by atoms with Crippen molar-refractivity contribution in [3.05, 3.63) is 35.7 Å². The fraction of sp³-hybridized carbons (Fsp3) is 0.250. The van der Waals surface area contributed by atoms with Crippen LogP contribution in [-0.4, -0.2) is 27.4 Å². The molecule has 0 fully saturated rings. The van der Waals surface area contributed by atoms with Gasteiger partial charge in [-0.25, -0.2) is 4.79 Å². The average Bonchev–Trinajstić information content (AvgIpc) is 2.84. The first kappa shape index (κ1) is 14.0. The van der Waals surface area contributed by atoms with E-state index in [2.05, 4.69) is 10.1 Å². The molecule has 0 amide bonds. The topological polar surface area (TPSA) is 76.2 Å². The smallest absolute Gasteiger partial charge is 0.389 e. The van der Waals surface area contributed by atoms with E-state index in [4.69, 9.17) is 9.63 Å². The van der Waals surface area contributed by atoms with Crippen LogP contribution in [0.1, 0.15) is 22.7 Å². The lowest BCUT2D eigenvalue weighted by atomic mass is 10.1. The number of hydrogen-bond acceptors (Lipinski definition) is 4. The van der Waals surface area contributed by atoms with Crippen LogP contribution >= 0.6 is 0 Å². The molecule has 8 heteroatoms. The Labute approximate surface area is 111 Å².